The summed E-state index contributed by atoms with van der Waals surface area (Å²) in [6.45, 7) is 0. The normalized spacial score (nSPS) is 9.93. The average molecular weight is 220 g/mol. The van der Waals surface area contributed by atoms with Gasteiger partial charge in [0.2, 0.25) is 17.4 Å². The third-order valence-electron chi connectivity index (χ3n) is 1.41. The molecule has 0 heterocycles. The van der Waals surface area contributed by atoms with E-state index in [0.29, 0.717) is 7.41 Å². The Morgan fingerprint density at radius 2 is 1.67 bits per heavy atom. The minimum absolute atomic E-state index is 0.00579. The van der Waals surface area contributed by atoms with Crippen molar-refractivity contribution in [2.24, 2.45) is 5.64 Å². The predicted molar refractivity (Wildman–Crippen MR) is 42.2 cm³/mol. The van der Waals surface area contributed by atoms with Crippen LogP contribution in [-0.4, -0.2) is 13.3 Å². The second-order valence-electron chi connectivity index (χ2n) is 2.39. The maximum absolute atomic E-state index is 12.8. The molecule has 15 heavy (non-hydrogen) atoms. The molecule has 1 rings (SSSR count). The molecule has 0 aliphatic carbocycles. The maximum atomic E-state index is 12.8. The highest BCUT2D eigenvalue weighted by atomic mass is 19.2. The highest BCUT2D eigenvalue weighted by Gasteiger charge is 2.22. The summed E-state index contributed by atoms with van der Waals surface area (Å²) in [7, 11) is 0.349. The number of hydrogen-bond acceptors (Lipinski definition) is 3. The number of ether oxygens (including phenoxy) is 1. The molecule has 2 N–H and O–H groups in total. The van der Waals surface area contributed by atoms with Crippen molar-refractivity contribution in [3.8, 4) is 5.75 Å². The lowest BCUT2D eigenvalue weighted by Crippen LogP contribution is -2.23. The van der Waals surface area contributed by atoms with Crippen molar-refractivity contribution >= 4 is 13.3 Å². The maximum Gasteiger partial charge on any atom is 0.352 e. The molecule has 1 aromatic rings. The predicted octanol–water partition coefficient (Wildman–Crippen LogP) is 1.32. The fourth-order valence-electron chi connectivity index (χ4n) is 0.775. The molecule has 0 aromatic heterocycles. The molecular weight excluding hydrogens is 217 g/mol. The van der Waals surface area contributed by atoms with Gasteiger partial charge in [-0.15, -0.1) is 0 Å². The largest absolute Gasteiger partial charge is 0.427 e. The average Bonchev–Trinajstić information content (AvgIpc) is 2.21. The van der Waals surface area contributed by atoms with Crippen LogP contribution in [0.25, 0.3) is 0 Å². The molecule has 3 nitrogen and oxygen atoms in total. The zero-order valence-corrected chi connectivity index (χ0v) is 7.06. The van der Waals surface area contributed by atoms with Gasteiger partial charge in [0.25, 0.3) is 5.87 Å². The van der Waals surface area contributed by atoms with Crippen LogP contribution in [0.4, 0.5) is 22.4 Å². The number of nitrogens with two attached hydrogens (primary N) is 1. The lowest BCUT2D eigenvalue weighted by molar-refractivity contribution is 0.218. The summed E-state index contributed by atoms with van der Waals surface area (Å²) in [4.78, 5) is 10.5. The van der Waals surface area contributed by atoms with E-state index >= 15 is 0 Å². The van der Waals surface area contributed by atoms with Crippen molar-refractivity contribution < 1.29 is 27.1 Å². The molecule has 0 amide bonds. The molecule has 0 atom stereocenters. The van der Waals surface area contributed by atoms with E-state index in [1.165, 1.54) is 0 Å². The Bertz CT molecular complexity index is 386. The van der Waals surface area contributed by atoms with Gasteiger partial charge >= 0.3 is 7.41 Å². The van der Waals surface area contributed by atoms with Gasteiger partial charge in [-0.25, -0.2) is 8.78 Å². The van der Waals surface area contributed by atoms with Crippen LogP contribution in [0.5, 0.6) is 5.75 Å². The fourth-order valence-corrected chi connectivity index (χ4v) is 0.775. The Hall–Kier alpha value is -1.57. The second kappa shape index (κ2) is 4.30. The van der Waals surface area contributed by atoms with E-state index in [0.717, 1.165) is 0 Å². The second-order valence-corrected chi connectivity index (χ2v) is 2.39. The first-order valence-corrected chi connectivity index (χ1v) is 3.57. The molecule has 0 bridgehead atoms. The standard InChI is InChI=1S/C7H3BF4NO2/c9-2-1-3(10)5(12)6(4(2)11)15-7(14)8-13/h1H,13H2. The summed E-state index contributed by atoms with van der Waals surface area (Å²) < 4.78 is 54.7. The van der Waals surface area contributed by atoms with E-state index in [1.54, 1.807) is 0 Å². The summed E-state index contributed by atoms with van der Waals surface area (Å²) in [5.41, 5.74) is 4.66. The molecular formula is C7H3BF4NO2. The van der Waals surface area contributed by atoms with E-state index in [4.69, 9.17) is 0 Å². The lowest BCUT2D eigenvalue weighted by Gasteiger charge is -2.06. The van der Waals surface area contributed by atoms with Crippen LogP contribution >= 0.6 is 0 Å². The first-order valence-electron chi connectivity index (χ1n) is 3.57. The van der Waals surface area contributed by atoms with Gasteiger partial charge < -0.3 is 10.4 Å². The Kier molecular flexibility index (Phi) is 3.30. The van der Waals surface area contributed by atoms with E-state index < -0.39 is 34.9 Å². The number of carbonyl (C=O) groups is 1. The van der Waals surface area contributed by atoms with Crippen molar-refractivity contribution in [1.29, 1.82) is 0 Å². The van der Waals surface area contributed by atoms with Crippen LogP contribution in [0.3, 0.4) is 0 Å². The Balaban J connectivity index is 3.21. The van der Waals surface area contributed by atoms with Gasteiger partial charge in [-0.3, -0.25) is 4.79 Å². The van der Waals surface area contributed by atoms with Gasteiger partial charge in [0.15, 0.2) is 11.6 Å². The molecule has 0 saturated carbocycles. The van der Waals surface area contributed by atoms with Gasteiger partial charge in [-0.1, -0.05) is 0 Å². The van der Waals surface area contributed by atoms with E-state index in [9.17, 15) is 22.4 Å². The van der Waals surface area contributed by atoms with Crippen molar-refractivity contribution in [3.05, 3.63) is 29.3 Å². The van der Waals surface area contributed by atoms with Gasteiger partial charge in [-0.05, 0) is 0 Å². The number of halogens is 4. The molecule has 8 heteroatoms. The smallest absolute Gasteiger partial charge is 0.352 e. The van der Waals surface area contributed by atoms with E-state index in [2.05, 4.69) is 10.4 Å². The van der Waals surface area contributed by atoms with Gasteiger partial charge in [0.1, 0.15) is 0 Å². The quantitative estimate of drug-likeness (QED) is 0.464. The summed E-state index contributed by atoms with van der Waals surface area (Å²) in [5, 5.41) is 0. The number of hydrogen-bond donors (Lipinski definition) is 1. The van der Waals surface area contributed by atoms with Crippen LogP contribution in [0.2, 0.25) is 0 Å². The molecule has 0 spiro atoms. The number of carbonyl (C=O) groups excluding carboxylic acids is 1. The lowest BCUT2D eigenvalue weighted by atomic mass is 9.99. The van der Waals surface area contributed by atoms with E-state index in [-0.39, 0.29) is 6.07 Å². The summed E-state index contributed by atoms with van der Waals surface area (Å²) >= 11 is 0. The van der Waals surface area contributed by atoms with Crippen molar-refractivity contribution in [2.75, 3.05) is 0 Å². The van der Waals surface area contributed by atoms with Crippen LogP contribution in [0, 0.1) is 23.3 Å². The minimum atomic E-state index is -1.80. The molecule has 1 radical (unpaired) electrons. The Morgan fingerprint density at radius 3 is 2.07 bits per heavy atom. The summed E-state index contributed by atoms with van der Waals surface area (Å²) in [6, 6.07) is -0.00579. The third kappa shape index (κ3) is 2.27. The van der Waals surface area contributed by atoms with Crippen molar-refractivity contribution in [3.63, 3.8) is 0 Å². The van der Waals surface area contributed by atoms with Crippen molar-refractivity contribution in [2.45, 2.75) is 0 Å². The first kappa shape index (κ1) is 11.5. The summed E-state index contributed by atoms with van der Waals surface area (Å²) in [5.74, 6) is -9.74. The third-order valence-corrected chi connectivity index (χ3v) is 1.41. The van der Waals surface area contributed by atoms with Gasteiger partial charge in [0.05, 0.1) is 0 Å². The Morgan fingerprint density at radius 1 is 1.20 bits per heavy atom. The van der Waals surface area contributed by atoms with Crippen molar-refractivity contribution in [1.82, 2.24) is 0 Å². The fraction of sp³-hybridized carbons (Fsp3) is 0. The number of rotatable bonds is 2. The molecule has 0 aliphatic heterocycles. The van der Waals surface area contributed by atoms with Crippen LogP contribution < -0.4 is 10.4 Å². The zero-order valence-electron chi connectivity index (χ0n) is 7.06. The molecule has 0 saturated heterocycles. The monoisotopic (exact) mass is 220 g/mol. The van der Waals surface area contributed by atoms with Crippen LogP contribution in [-0.2, 0) is 0 Å². The number of benzene rings is 1. The SMILES string of the molecule is N[B]C(=O)Oc1c(F)c(F)cc(F)c1F. The molecule has 0 unspecified atom stereocenters. The topological polar surface area (TPSA) is 52.3 Å². The minimum Gasteiger partial charge on any atom is -0.427 e. The molecule has 0 aliphatic rings. The molecule has 0 fully saturated rings. The highest BCUT2D eigenvalue weighted by Crippen LogP contribution is 2.26. The van der Waals surface area contributed by atoms with Crippen LogP contribution in [0.15, 0.2) is 6.07 Å². The van der Waals surface area contributed by atoms with Gasteiger partial charge in [-0.2, -0.15) is 8.78 Å². The first-order chi connectivity index (χ1) is 6.97. The molecule has 79 valence electrons. The Labute approximate surface area is 82.1 Å². The molecule has 1 aromatic carbocycles. The van der Waals surface area contributed by atoms with Gasteiger partial charge in [0, 0.05) is 6.07 Å². The van der Waals surface area contributed by atoms with E-state index in [1.807, 2.05) is 0 Å². The highest BCUT2D eigenvalue weighted by molar-refractivity contribution is 6.69. The van der Waals surface area contributed by atoms with Crippen LogP contribution in [0.1, 0.15) is 0 Å². The summed E-state index contributed by atoms with van der Waals surface area (Å²) in [6.07, 6.45) is 0. The zero-order chi connectivity index (χ0) is 11.6.